The van der Waals surface area contributed by atoms with Crippen molar-refractivity contribution in [3.05, 3.63) is 151 Å². The molecule has 0 aliphatic rings. The van der Waals surface area contributed by atoms with Crippen molar-refractivity contribution < 1.29 is 25.2 Å². The van der Waals surface area contributed by atoms with E-state index in [-0.39, 0.29) is 20.4 Å². The summed E-state index contributed by atoms with van der Waals surface area (Å²) in [6.45, 7) is 9.14. The Morgan fingerprint density at radius 1 is 0.518 bits per heavy atom. The van der Waals surface area contributed by atoms with Crippen molar-refractivity contribution in [2.75, 3.05) is 0 Å². The largest absolute Gasteiger partial charge is 2.00 e. The molecule has 0 saturated heterocycles. The van der Waals surface area contributed by atoms with E-state index in [1.807, 2.05) is 48.7 Å². The summed E-state index contributed by atoms with van der Waals surface area (Å²) >= 11 is 0. The second-order valence-electron chi connectivity index (χ2n) is 15.0. The summed E-state index contributed by atoms with van der Waals surface area (Å²) in [5, 5.41) is 6.09. The molecule has 6 nitrogen and oxygen atoms in total. The molecule has 11 aromatic rings. The Kier molecular flexibility index (Phi) is 7.97. The number of hydrogen-bond donors (Lipinski definition) is 0. The molecule has 0 spiro atoms. The SMILES string of the molecule is CC(C)c1cccc(C(C)C)c1-c1cccc2c1c1ccc(Oc3[c-]c4c(cc3)c3cccnc3n3c5ccccc5nc43)[c-]c1c1nc3ccccc3n21.[Pd+2]. The van der Waals surface area contributed by atoms with Gasteiger partial charge in [-0.3, -0.25) is 9.97 Å². The molecule has 0 unspecified atom stereocenters. The van der Waals surface area contributed by atoms with Crippen molar-refractivity contribution in [3.63, 3.8) is 0 Å². The van der Waals surface area contributed by atoms with Crippen LogP contribution in [-0.4, -0.2) is 23.8 Å². The van der Waals surface area contributed by atoms with E-state index < -0.39 is 0 Å². The number of para-hydroxylation sites is 4. The average Bonchev–Trinajstić information content (AvgIpc) is 3.81. The van der Waals surface area contributed by atoms with Gasteiger partial charge in [0.05, 0.1) is 33.4 Å². The molecule has 0 atom stereocenters. The summed E-state index contributed by atoms with van der Waals surface area (Å²) in [7, 11) is 0. The fraction of sp³-hybridized carbons (Fsp3) is 0.122. The van der Waals surface area contributed by atoms with Gasteiger partial charge in [0.25, 0.3) is 0 Å². The number of rotatable bonds is 5. The van der Waals surface area contributed by atoms with Crippen molar-refractivity contribution in [2.45, 2.75) is 39.5 Å². The molecule has 0 N–H and O–H groups in total. The molecule has 11 rings (SSSR count). The van der Waals surface area contributed by atoms with Crippen LogP contribution in [0.1, 0.15) is 50.7 Å². The van der Waals surface area contributed by atoms with E-state index in [4.69, 9.17) is 19.7 Å². The van der Waals surface area contributed by atoms with E-state index in [0.717, 1.165) is 71.5 Å². The molecule has 0 fully saturated rings. The molecule has 0 radical (unpaired) electrons. The predicted octanol–water partition coefficient (Wildman–Crippen LogP) is 12.6. The molecular weight excluding hydrogens is 781 g/mol. The number of ether oxygens (including phenoxy) is 1. The Hall–Kier alpha value is -6.13. The molecule has 0 bridgehead atoms. The van der Waals surface area contributed by atoms with Crippen LogP contribution in [-0.2, 0) is 20.4 Å². The maximum Gasteiger partial charge on any atom is 2.00 e. The minimum atomic E-state index is 0. The van der Waals surface area contributed by atoms with Gasteiger partial charge < -0.3 is 13.5 Å². The first-order valence-corrected chi connectivity index (χ1v) is 18.9. The van der Waals surface area contributed by atoms with E-state index in [0.29, 0.717) is 23.3 Å². The number of nitrogens with zero attached hydrogens (tertiary/aromatic N) is 5. The van der Waals surface area contributed by atoms with Crippen LogP contribution in [0.3, 0.4) is 0 Å². The molecule has 5 heterocycles. The number of pyridine rings is 3. The first kappa shape index (κ1) is 34.4. The Bertz CT molecular complexity index is 3350. The molecule has 272 valence electrons. The van der Waals surface area contributed by atoms with Gasteiger partial charge in [-0.15, -0.1) is 12.1 Å². The van der Waals surface area contributed by atoms with Crippen molar-refractivity contribution in [2.24, 2.45) is 0 Å². The summed E-state index contributed by atoms with van der Waals surface area (Å²) in [5.41, 5.74) is 12.8. The van der Waals surface area contributed by atoms with Crippen LogP contribution in [0.4, 0.5) is 0 Å². The van der Waals surface area contributed by atoms with Crippen LogP contribution in [0.15, 0.2) is 128 Å². The maximum absolute atomic E-state index is 6.68. The Labute approximate surface area is 337 Å². The van der Waals surface area contributed by atoms with Gasteiger partial charge in [-0.25, -0.2) is 4.98 Å². The maximum atomic E-state index is 6.68. The van der Waals surface area contributed by atoms with Crippen LogP contribution in [0, 0.1) is 12.1 Å². The van der Waals surface area contributed by atoms with Gasteiger partial charge in [0.2, 0.25) is 0 Å². The smallest absolute Gasteiger partial charge is 0.497 e. The third kappa shape index (κ3) is 5.01. The fourth-order valence-electron chi connectivity index (χ4n) is 8.68. The molecule has 6 aromatic carbocycles. The zero-order valence-corrected chi connectivity index (χ0v) is 32.8. The number of imidazole rings is 2. The quantitative estimate of drug-likeness (QED) is 0.0986. The van der Waals surface area contributed by atoms with Crippen molar-refractivity contribution in [1.82, 2.24) is 23.8 Å². The third-order valence-corrected chi connectivity index (χ3v) is 11.1. The van der Waals surface area contributed by atoms with E-state index in [2.05, 4.69) is 127 Å². The van der Waals surface area contributed by atoms with Gasteiger partial charge in [0.15, 0.2) is 0 Å². The van der Waals surface area contributed by atoms with E-state index in [1.54, 1.807) is 0 Å². The van der Waals surface area contributed by atoms with Crippen molar-refractivity contribution >= 4 is 76.8 Å². The van der Waals surface area contributed by atoms with E-state index >= 15 is 0 Å². The summed E-state index contributed by atoms with van der Waals surface area (Å²) < 4.78 is 11.1. The monoisotopic (exact) mass is 815 g/mol. The van der Waals surface area contributed by atoms with Gasteiger partial charge in [-0.2, -0.15) is 0 Å². The minimum Gasteiger partial charge on any atom is -0.497 e. The molecule has 5 aromatic heterocycles. The first-order valence-electron chi connectivity index (χ1n) is 18.9. The average molecular weight is 816 g/mol. The zero-order chi connectivity index (χ0) is 36.9. The second kappa shape index (κ2) is 13.0. The third-order valence-electron chi connectivity index (χ3n) is 11.1. The zero-order valence-electron chi connectivity index (χ0n) is 31.2. The Balaban J connectivity index is 0.00000384. The second-order valence-corrected chi connectivity index (χ2v) is 15.0. The van der Waals surface area contributed by atoms with Crippen molar-refractivity contribution in [1.29, 1.82) is 0 Å². The molecule has 0 amide bonds. The van der Waals surface area contributed by atoms with Gasteiger partial charge in [0.1, 0.15) is 5.65 Å². The summed E-state index contributed by atoms with van der Waals surface area (Å²) in [5.74, 6) is 1.88. The fourth-order valence-corrected chi connectivity index (χ4v) is 8.68. The molecular formula is C49H35N5OPd. The standard InChI is InChI=1S/C49H35N5O.Pd/c1-28(2)32-12-9-13-33(29(3)4)45(32)37-14-10-20-44-46(37)35-24-22-31(27-39(35)48-51-40-16-5-7-18-42(40)53(44)48)55-30-21-23-34-36-15-11-25-50-47(36)54-43-19-8-6-17-41(43)52-49(54)38(34)26-30;/h5-25,28-29H,1-4H3;/q-2;+2. The van der Waals surface area contributed by atoms with E-state index in [1.165, 1.54) is 27.6 Å². The molecule has 0 saturated carbocycles. The summed E-state index contributed by atoms with van der Waals surface area (Å²) in [6, 6.07) is 49.6. The number of hydrogen-bond acceptors (Lipinski definition) is 4. The number of aromatic nitrogens is 5. The first-order chi connectivity index (χ1) is 26.9. The Morgan fingerprint density at radius 3 is 1.77 bits per heavy atom. The van der Waals surface area contributed by atoms with Gasteiger partial charge in [-0.1, -0.05) is 134 Å². The summed E-state index contributed by atoms with van der Waals surface area (Å²) in [6.07, 6.45) is 1.83. The summed E-state index contributed by atoms with van der Waals surface area (Å²) in [4.78, 5) is 15.0. The minimum absolute atomic E-state index is 0. The van der Waals surface area contributed by atoms with Crippen LogP contribution in [0.25, 0.3) is 88.0 Å². The number of benzene rings is 6. The molecule has 56 heavy (non-hydrogen) atoms. The molecule has 0 aliphatic carbocycles. The van der Waals surface area contributed by atoms with Crippen LogP contribution in [0.5, 0.6) is 11.5 Å². The Morgan fingerprint density at radius 2 is 1.09 bits per heavy atom. The molecule has 7 heteroatoms. The van der Waals surface area contributed by atoms with Gasteiger partial charge in [-0.05, 0) is 81.3 Å². The number of fused-ring (bicyclic) bond motifs is 16. The van der Waals surface area contributed by atoms with Crippen LogP contribution < -0.4 is 4.74 Å². The molecule has 0 aliphatic heterocycles. The van der Waals surface area contributed by atoms with Crippen LogP contribution in [0.2, 0.25) is 0 Å². The van der Waals surface area contributed by atoms with Crippen molar-refractivity contribution in [3.8, 4) is 22.6 Å². The van der Waals surface area contributed by atoms with E-state index in [9.17, 15) is 0 Å². The van der Waals surface area contributed by atoms with Crippen LogP contribution >= 0.6 is 0 Å². The van der Waals surface area contributed by atoms with Gasteiger partial charge >= 0.3 is 20.4 Å². The predicted molar refractivity (Wildman–Crippen MR) is 225 cm³/mol. The normalized spacial score (nSPS) is 12.1. The topological polar surface area (TPSA) is 56.7 Å². The van der Waals surface area contributed by atoms with Gasteiger partial charge in [0, 0.05) is 23.2 Å².